The molecule has 0 fully saturated rings. The molecule has 0 radical (unpaired) electrons. The Labute approximate surface area is 106 Å². The minimum absolute atomic E-state index is 0.120. The first-order valence-electron chi connectivity index (χ1n) is 5.41. The lowest BCUT2D eigenvalue weighted by molar-refractivity contribution is 0.611. The number of rotatable bonds is 2. The van der Waals surface area contributed by atoms with Crippen LogP contribution < -0.4 is 5.73 Å². The fourth-order valence-corrected chi connectivity index (χ4v) is 2.36. The highest BCUT2D eigenvalue weighted by atomic mass is 32.1. The van der Waals surface area contributed by atoms with Crippen molar-refractivity contribution in [2.75, 3.05) is 0 Å². The quantitative estimate of drug-likeness (QED) is 0.771. The molecule has 6 heteroatoms. The van der Waals surface area contributed by atoms with E-state index in [4.69, 9.17) is 10.2 Å². The summed E-state index contributed by atoms with van der Waals surface area (Å²) in [7, 11) is 0. The molecular formula is C12H10FN3OS. The van der Waals surface area contributed by atoms with Crippen LogP contribution in [0.15, 0.2) is 28.0 Å². The molecule has 2 aromatic heterocycles. The number of thiazole rings is 1. The Balaban J connectivity index is 2.07. The third kappa shape index (κ3) is 1.89. The Bertz CT molecular complexity index is 704. The van der Waals surface area contributed by atoms with E-state index in [1.807, 2.05) is 12.3 Å². The monoisotopic (exact) mass is 263 g/mol. The van der Waals surface area contributed by atoms with Crippen molar-refractivity contribution in [2.45, 2.75) is 13.0 Å². The lowest BCUT2D eigenvalue weighted by Gasteiger charge is -1.95. The van der Waals surface area contributed by atoms with Gasteiger partial charge in [0.2, 0.25) is 5.89 Å². The molecular weight excluding hydrogens is 253 g/mol. The molecule has 92 valence electrons. The molecule has 2 N–H and O–H groups in total. The summed E-state index contributed by atoms with van der Waals surface area (Å²) < 4.78 is 18.6. The van der Waals surface area contributed by atoms with Crippen LogP contribution in [-0.4, -0.2) is 9.97 Å². The van der Waals surface area contributed by atoms with Gasteiger partial charge in [-0.1, -0.05) is 0 Å². The van der Waals surface area contributed by atoms with Crippen LogP contribution in [0.3, 0.4) is 0 Å². The van der Waals surface area contributed by atoms with Crippen molar-refractivity contribution in [3.8, 4) is 11.6 Å². The molecule has 4 nitrogen and oxygen atoms in total. The fourth-order valence-electron chi connectivity index (χ4n) is 1.61. The van der Waals surface area contributed by atoms with Crippen LogP contribution in [0.25, 0.3) is 22.7 Å². The van der Waals surface area contributed by atoms with Crippen molar-refractivity contribution in [1.82, 2.24) is 9.97 Å². The van der Waals surface area contributed by atoms with Crippen molar-refractivity contribution >= 4 is 22.4 Å². The zero-order valence-electron chi connectivity index (χ0n) is 9.55. The molecule has 0 bridgehead atoms. The van der Waals surface area contributed by atoms with E-state index in [1.54, 1.807) is 6.07 Å². The maximum atomic E-state index is 13.0. The van der Waals surface area contributed by atoms with Gasteiger partial charge in [-0.05, 0) is 19.1 Å². The lowest BCUT2D eigenvalue weighted by atomic mass is 10.3. The molecule has 3 rings (SSSR count). The van der Waals surface area contributed by atoms with Gasteiger partial charge in [0.05, 0.1) is 6.04 Å². The van der Waals surface area contributed by atoms with Gasteiger partial charge in [0, 0.05) is 11.4 Å². The maximum Gasteiger partial charge on any atom is 0.247 e. The van der Waals surface area contributed by atoms with Crippen LogP contribution in [0.2, 0.25) is 0 Å². The van der Waals surface area contributed by atoms with Gasteiger partial charge in [0.1, 0.15) is 22.0 Å². The Morgan fingerprint density at radius 3 is 2.94 bits per heavy atom. The zero-order chi connectivity index (χ0) is 12.7. The van der Waals surface area contributed by atoms with E-state index in [0.717, 1.165) is 5.01 Å². The second-order valence-corrected chi connectivity index (χ2v) is 4.88. The summed E-state index contributed by atoms with van der Waals surface area (Å²) in [5.74, 6) is 0.0515. The molecule has 0 spiro atoms. The van der Waals surface area contributed by atoms with Crippen LogP contribution in [0, 0.1) is 5.82 Å². The van der Waals surface area contributed by atoms with Gasteiger partial charge in [0.25, 0.3) is 0 Å². The third-order valence-corrected chi connectivity index (χ3v) is 3.53. The predicted octanol–water partition coefficient (Wildman–Crippen LogP) is 3.11. The summed E-state index contributed by atoms with van der Waals surface area (Å²) in [5.41, 5.74) is 7.41. The molecule has 0 aliphatic heterocycles. The minimum atomic E-state index is -0.336. The van der Waals surface area contributed by atoms with Crippen LogP contribution in [-0.2, 0) is 0 Å². The van der Waals surface area contributed by atoms with Crippen molar-refractivity contribution in [2.24, 2.45) is 5.73 Å². The van der Waals surface area contributed by atoms with Crippen LogP contribution in [0.5, 0.6) is 0 Å². The Kier molecular flexibility index (Phi) is 2.61. The first-order valence-corrected chi connectivity index (χ1v) is 6.29. The second kappa shape index (κ2) is 4.15. The van der Waals surface area contributed by atoms with Gasteiger partial charge in [-0.25, -0.2) is 14.4 Å². The topological polar surface area (TPSA) is 64.9 Å². The number of benzene rings is 1. The number of aromatic nitrogens is 2. The molecule has 1 unspecified atom stereocenters. The van der Waals surface area contributed by atoms with Crippen molar-refractivity contribution < 1.29 is 8.81 Å². The second-order valence-electron chi connectivity index (χ2n) is 3.99. The van der Waals surface area contributed by atoms with E-state index < -0.39 is 0 Å². The zero-order valence-corrected chi connectivity index (χ0v) is 10.4. The number of hydrogen-bond donors (Lipinski definition) is 1. The van der Waals surface area contributed by atoms with Gasteiger partial charge in [0.15, 0.2) is 5.58 Å². The molecule has 0 aliphatic rings. The van der Waals surface area contributed by atoms with Gasteiger partial charge in [-0.15, -0.1) is 11.3 Å². The SMILES string of the molecule is CC(N)c1nc(-c2nc3cc(F)ccc3o2)cs1. The number of hydrogen-bond acceptors (Lipinski definition) is 5. The minimum Gasteiger partial charge on any atom is -0.435 e. The molecule has 0 amide bonds. The Morgan fingerprint density at radius 1 is 1.39 bits per heavy atom. The van der Waals surface area contributed by atoms with Crippen molar-refractivity contribution in [3.05, 3.63) is 34.4 Å². The third-order valence-electron chi connectivity index (χ3n) is 2.48. The first kappa shape index (κ1) is 11.3. The van der Waals surface area contributed by atoms with E-state index >= 15 is 0 Å². The molecule has 0 saturated heterocycles. The van der Waals surface area contributed by atoms with Crippen molar-refractivity contribution in [1.29, 1.82) is 0 Å². The van der Waals surface area contributed by atoms with E-state index in [0.29, 0.717) is 22.7 Å². The van der Waals surface area contributed by atoms with Crippen LogP contribution >= 0.6 is 11.3 Å². The van der Waals surface area contributed by atoms with E-state index in [1.165, 1.54) is 23.5 Å². The molecule has 18 heavy (non-hydrogen) atoms. The summed E-state index contributed by atoms with van der Waals surface area (Å²) in [6, 6.07) is 4.11. The van der Waals surface area contributed by atoms with E-state index in [-0.39, 0.29) is 11.9 Å². The predicted molar refractivity (Wildman–Crippen MR) is 67.7 cm³/mol. The molecule has 0 saturated carbocycles. The molecule has 1 aromatic carbocycles. The summed E-state index contributed by atoms with van der Waals surface area (Å²) >= 11 is 1.46. The van der Waals surface area contributed by atoms with Crippen LogP contribution in [0.1, 0.15) is 18.0 Å². The van der Waals surface area contributed by atoms with Gasteiger partial charge in [-0.2, -0.15) is 0 Å². The number of oxazole rings is 1. The van der Waals surface area contributed by atoms with Gasteiger partial charge < -0.3 is 10.2 Å². The normalized spacial score (nSPS) is 13.1. The van der Waals surface area contributed by atoms with Crippen molar-refractivity contribution in [3.63, 3.8) is 0 Å². The highest BCUT2D eigenvalue weighted by Gasteiger charge is 2.13. The van der Waals surface area contributed by atoms with Crippen LogP contribution in [0.4, 0.5) is 4.39 Å². The standard InChI is InChI=1S/C12H10FN3OS/c1-6(14)12-16-9(5-18-12)11-15-8-4-7(13)2-3-10(8)17-11/h2-6H,14H2,1H3. The lowest BCUT2D eigenvalue weighted by Crippen LogP contribution is -2.03. The van der Waals surface area contributed by atoms with E-state index in [9.17, 15) is 4.39 Å². The highest BCUT2D eigenvalue weighted by molar-refractivity contribution is 7.10. The molecule has 2 heterocycles. The summed E-state index contributed by atoms with van der Waals surface area (Å²) in [6.45, 7) is 1.87. The fraction of sp³-hybridized carbons (Fsp3) is 0.167. The summed E-state index contributed by atoms with van der Waals surface area (Å²) in [4.78, 5) is 8.55. The average Bonchev–Trinajstić information content (AvgIpc) is 2.93. The number of halogens is 1. The Hall–Kier alpha value is -1.79. The first-order chi connectivity index (χ1) is 8.63. The van der Waals surface area contributed by atoms with Gasteiger partial charge >= 0.3 is 0 Å². The van der Waals surface area contributed by atoms with E-state index in [2.05, 4.69) is 9.97 Å². The molecule has 3 aromatic rings. The summed E-state index contributed by atoms with van der Waals surface area (Å²) in [5, 5.41) is 2.65. The Morgan fingerprint density at radius 2 is 2.22 bits per heavy atom. The highest BCUT2D eigenvalue weighted by Crippen LogP contribution is 2.27. The summed E-state index contributed by atoms with van der Waals surface area (Å²) in [6.07, 6.45) is 0. The average molecular weight is 263 g/mol. The molecule has 0 aliphatic carbocycles. The number of nitrogens with zero attached hydrogens (tertiary/aromatic N) is 2. The smallest absolute Gasteiger partial charge is 0.247 e. The molecule has 1 atom stereocenters. The number of nitrogens with two attached hydrogens (primary N) is 1. The van der Waals surface area contributed by atoms with Gasteiger partial charge in [-0.3, -0.25) is 0 Å². The number of fused-ring (bicyclic) bond motifs is 1. The largest absolute Gasteiger partial charge is 0.435 e. The maximum absolute atomic E-state index is 13.0.